The summed E-state index contributed by atoms with van der Waals surface area (Å²) in [6.07, 6.45) is 6.08. The molecule has 5 nitrogen and oxygen atoms in total. The smallest absolute Gasteiger partial charge is 0.339 e. The number of rotatable bonds is 6. The Morgan fingerprint density at radius 2 is 2.00 bits per heavy atom. The van der Waals surface area contributed by atoms with E-state index >= 15 is 0 Å². The third-order valence-electron chi connectivity index (χ3n) is 4.33. The van der Waals surface area contributed by atoms with Gasteiger partial charge in [0, 0.05) is 17.8 Å². The largest absolute Gasteiger partial charge is 0.488 e. The fourth-order valence-corrected chi connectivity index (χ4v) is 2.78. The van der Waals surface area contributed by atoms with Crippen LogP contribution in [0.2, 0.25) is 0 Å². The quantitative estimate of drug-likeness (QED) is 0.739. The molecule has 0 atom stereocenters. The lowest BCUT2D eigenvalue weighted by molar-refractivity contribution is 0.0691. The Hall–Kier alpha value is -3.08. The van der Waals surface area contributed by atoms with Crippen LogP contribution in [0.3, 0.4) is 0 Å². The number of aromatic nitrogens is 2. The van der Waals surface area contributed by atoms with Crippen LogP contribution >= 0.6 is 0 Å². The van der Waals surface area contributed by atoms with Gasteiger partial charge in [-0.3, -0.25) is 0 Å². The lowest BCUT2D eigenvalue weighted by Crippen LogP contribution is -2.05. The zero-order valence-electron chi connectivity index (χ0n) is 13.6. The second-order valence-corrected chi connectivity index (χ2v) is 6.24. The Bertz CT molecular complexity index is 898. The molecule has 0 unspecified atom stereocenters. The summed E-state index contributed by atoms with van der Waals surface area (Å²) in [6.45, 7) is 0.331. The van der Waals surface area contributed by atoms with E-state index in [4.69, 9.17) is 4.74 Å². The summed E-state index contributed by atoms with van der Waals surface area (Å²) in [7, 11) is 0. The maximum atomic E-state index is 11.6. The third-order valence-corrected chi connectivity index (χ3v) is 4.33. The molecule has 1 aliphatic carbocycles. The molecule has 1 aliphatic rings. The molecule has 3 aromatic rings. The number of nitrogens with zero attached hydrogens (tertiary/aromatic N) is 2. The highest BCUT2D eigenvalue weighted by Crippen LogP contribution is 2.39. The Kier molecular flexibility index (Phi) is 3.98. The molecular weight excluding hydrogens is 316 g/mol. The summed E-state index contributed by atoms with van der Waals surface area (Å²) in [4.78, 5) is 16.0. The van der Waals surface area contributed by atoms with E-state index in [-0.39, 0.29) is 5.56 Å². The van der Waals surface area contributed by atoms with Crippen molar-refractivity contribution in [2.75, 3.05) is 0 Å². The summed E-state index contributed by atoms with van der Waals surface area (Å²) >= 11 is 0. The van der Waals surface area contributed by atoms with E-state index in [1.54, 1.807) is 18.5 Å². The van der Waals surface area contributed by atoms with Crippen molar-refractivity contribution in [2.24, 2.45) is 0 Å². The summed E-state index contributed by atoms with van der Waals surface area (Å²) in [6, 6.07) is 14.9. The minimum Gasteiger partial charge on any atom is -0.488 e. The van der Waals surface area contributed by atoms with Crippen molar-refractivity contribution in [3.05, 3.63) is 77.9 Å². The maximum absolute atomic E-state index is 11.6. The van der Waals surface area contributed by atoms with Crippen molar-refractivity contribution in [1.29, 1.82) is 0 Å². The molecule has 0 amide bonds. The first-order chi connectivity index (χ1) is 12.2. The number of carbonyl (C=O) groups is 1. The normalized spacial score (nSPS) is 13.6. The van der Waals surface area contributed by atoms with E-state index in [0.717, 1.165) is 16.9 Å². The molecular formula is C20H18N2O3. The number of aromatic carboxylic acids is 1. The SMILES string of the molecule is O=C(O)c1cc(-n2cnc(C3CC3)c2)ccc1OCc1ccccc1. The first-order valence-electron chi connectivity index (χ1n) is 8.29. The molecule has 0 radical (unpaired) electrons. The number of carboxylic acids is 1. The van der Waals surface area contributed by atoms with Crippen molar-refractivity contribution >= 4 is 5.97 Å². The van der Waals surface area contributed by atoms with Gasteiger partial charge in [-0.25, -0.2) is 9.78 Å². The first-order valence-corrected chi connectivity index (χ1v) is 8.29. The van der Waals surface area contributed by atoms with Crippen molar-refractivity contribution < 1.29 is 14.6 Å². The van der Waals surface area contributed by atoms with Crippen molar-refractivity contribution in [3.8, 4) is 11.4 Å². The Morgan fingerprint density at radius 3 is 2.72 bits per heavy atom. The average molecular weight is 334 g/mol. The van der Waals surface area contributed by atoms with Gasteiger partial charge in [0.05, 0.1) is 12.0 Å². The number of ether oxygens (including phenoxy) is 1. The minimum absolute atomic E-state index is 0.148. The predicted octanol–water partition coefficient (Wildman–Crippen LogP) is 4.03. The topological polar surface area (TPSA) is 64.3 Å². The standard InChI is InChI=1S/C20H18N2O3/c23-20(24)17-10-16(22-11-18(21-13-22)15-6-7-15)8-9-19(17)25-12-14-4-2-1-3-5-14/h1-5,8-11,13,15H,6-7,12H2,(H,23,24). The molecule has 126 valence electrons. The summed E-state index contributed by atoms with van der Waals surface area (Å²) in [5, 5.41) is 9.53. The Balaban J connectivity index is 1.58. The minimum atomic E-state index is -1.01. The second kappa shape index (κ2) is 6.43. The molecule has 0 saturated heterocycles. The molecule has 2 aromatic carbocycles. The van der Waals surface area contributed by atoms with Gasteiger partial charge in [-0.05, 0) is 36.6 Å². The summed E-state index contributed by atoms with van der Waals surface area (Å²) in [5.41, 5.74) is 2.98. The van der Waals surface area contributed by atoms with Crippen LogP contribution in [0.15, 0.2) is 61.1 Å². The number of carboxylic acid groups (broad SMARTS) is 1. The fourth-order valence-electron chi connectivity index (χ4n) is 2.78. The van der Waals surface area contributed by atoms with Gasteiger partial charge in [-0.15, -0.1) is 0 Å². The lowest BCUT2D eigenvalue weighted by atomic mass is 10.1. The third kappa shape index (κ3) is 3.40. The van der Waals surface area contributed by atoms with Gasteiger partial charge in [-0.1, -0.05) is 30.3 Å². The van der Waals surface area contributed by atoms with Crippen LogP contribution in [0, 0.1) is 0 Å². The van der Waals surface area contributed by atoms with E-state index in [0.29, 0.717) is 18.3 Å². The molecule has 1 fully saturated rings. The highest BCUT2D eigenvalue weighted by molar-refractivity contribution is 5.91. The monoisotopic (exact) mass is 334 g/mol. The Labute approximate surface area is 145 Å². The van der Waals surface area contributed by atoms with E-state index in [2.05, 4.69) is 4.98 Å². The van der Waals surface area contributed by atoms with Crippen LogP contribution in [-0.2, 0) is 6.61 Å². The maximum Gasteiger partial charge on any atom is 0.339 e. The highest BCUT2D eigenvalue weighted by atomic mass is 16.5. The summed E-state index contributed by atoms with van der Waals surface area (Å²) in [5.74, 6) is -0.0799. The van der Waals surface area contributed by atoms with E-state index < -0.39 is 5.97 Å². The molecule has 1 N–H and O–H groups in total. The second-order valence-electron chi connectivity index (χ2n) is 6.24. The molecule has 0 spiro atoms. The van der Waals surface area contributed by atoms with Crippen LogP contribution in [-0.4, -0.2) is 20.6 Å². The van der Waals surface area contributed by atoms with Gasteiger partial charge in [0.25, 0.3) is 0 Å². The van der Waals surface area contributed by atoms with Gasteiger partial charge >= 0.3 is 5.97 Å². The van der Waals surface area contributed by atoms with Crippen LogP contribution in [0.1, 0.15) is 40.4 Å². The molecule has 1 heterocycles. The Morgan fingerprint density at radius 1 is 1.20 bits per heavy atom. The zero-order chi connectivity index (χ0) is 17.2. The molecule has 0 bridgehead atoms. The lowest BCUT2D eigenvalue weighted by Gasteiger charge is -2.11. The molecule has 4 rings (SSSR count). The predicted molar refractivity (Wildman–Crippen MR) is 93.3 cm³/mol. The van der Waals surface area contributed by atoms with Crippen molar-refractivity contribution in [2.45, 2.75) is 25.4 Å². The van der Waals surface area contributed by atoms with Gasteiger partial charge in [0.1, 0.15) is 17.9 Å². The van der Waals surface area contributed by atoms with Crippen LogP contribution in [0.25, 0.3) is 5.69 Å². The number of hydrogen-bond acceptors (Lipinski definition) is 3. The molecule has 5 heteroatoms. The molecule has 1 saturated carbocycles. The van der Waals surface area contributed by atoms with E-state index in [9.17, 15) is 9.90 Å². The van der Waals surface area contributed by atoms with Gasteiger partial charge in [0.15, 0.2) is 0 Å². The highest BCUT2D eigenvalue weighted by Gasteiger charge is 2.26. The molecule has 0 aliphatic heterocycles. The van der Waals surface area contributed by atoms with Gasteiger partial charge in [0.2, 0.25) is 0 Å². The summed E-state index contributed by atoms with van der Waals surface area (Å²) < 4.78 is 7.59. The van der Waals surface area contributed by atoms with E-state index in [1.807, 2.05) is 47.2 Å². The van der Waals surface area contributed by atoms with Crippen LogP contribution in [0.5, 0.6) is 5.75 Å². The van der Waals surface area contributed by atoms with Crippen molar-refractivity contribution in [3.63, 3.8) is 0 Å². The zero-order valence-corrected chi connectivity index (χ0v) is 13.6. The van der Waals surface area contributed by atoms with Crippen molar-refractivity contribution in [1.82, 2.24) is 9.55 Å². The van der Waals surface area contributed by atoms with Gasteiger partial charge in [-0.2, -0.15) is 0 Å². The van der Waals surface area contributed by atoms with Crippen LogP contribution in [0.4, 0.5) is 0 Å². The molecule has 25 heavy (non-hydrogen) atoms. The number of benzene rings is 2. The first kappa shape index (κ1) is 15.4. The molecule has 1 aromatic heterocycles. The van der Waals surface area contributed by atoms with Crippen LogP contribution < -0.4 is 4.74 Å². The fraction of sp³-hybridized carbons (Fsp3) is 0.200. The number of imidazole rings is 1. The van der Waals surface area contributed by atoms with E-state index in [1.165, 1.54) is 12.8 Å². The average Bonchev–Trinajstić information content (AvgIpc) is 3.37. The van der Waals surface area contributed by atoms with Gasteiger partial charge < -0.3 is 14.4 Å². The number of hydrogen-bond donors (Lipinski definition) is 1.